The highest BCUT2D eigenvalue weighted by molar-refractivity contribution is 6.33. The molecule has 1 saturated heterocycles. The number of imidazole rings is 1. The number of pyridine rings is 2. The van der Waals surface area contributed by atoms with Crippen molar-refractivity contribution >= 4 is 28.6 Å². The summed E-state index contributed by atoms with van der Waals surface area (Å²) in [5.41, 5.74) is 2.31. The second kappa shape index (κ2) is 7.39. The Kier molecular flexibility index (Phi) is 4.91. The molecule has 2 aliphatic heterocycles. The number of aliphatic hydroxyl groups excluding tert-OH is 1. The minimum absolute atomic E-state index is 0.0884. The fourth-order valence-corrected chi connectivity index (χ4v) is 5.15. The summed E-state index contributed by atoms with van der Waals surface area (Å²) in [6.07, 6.45) is 2.98. The van der Waals surface area contributed by atoms with Gasteiger partial charge in [-0.2, -0.15) is 0 Å². The van der Waals surface area contributed by atoms with E-state index >= 15 is 4.39 Å². The summed E-state index contributed by atoms with van der Waals surface area (Å²) in [7, 11) is 0. The van der Waals surface area contributed by atoms with Crippen molar-refractivity contribution in [2.75, 3.05) is 18.5 Å². The highest BCUT2D eigenvalue weighted by atomic mass is 35.5. The third kappa shape index (κ3) is 3.20. The van der Waals surface area contributed by atoms with Crippen LogP contribution >= 0.6 is 11.6 Å². The maximum atomic E-state index is 15.1. The predicted molar refractivity (Wildman–Crippen MR) is 117 cm³/mol. The van der Waals surface area contributed by atoms with Crippen LogP contribution in [0.15, 0.2) is 12.3 Å². The zero-order valence-electron chi connectivity index (χ0n) is 17.7. The van der Waals surface area contributed by atoms with E-state index < -0.39 is 17.5 Å². The lowest BCUT2D eigenvalue weighted by Gasteiger charge is -2.45. The third-order valence-corrected chi connectivity index (χ3v) is 6.77. The van der Waals surface area contributed by atoms with Crippen molar-refractivity contribution < 1.29 is 14.2 Å². The van der Waals surface area contributed by atoms with E-state index in [1.807, 2.05) is 25.3 Å². The van der Waals surface area contributed by atoms with Gasteiger partial charge in [0.05, 0.1) is 22.9 Å². The van der Waals surface area contributed by atoms with Crippen LogP contribution in [-0.2, 0) is 11.2 Å². The molecule has 0 aromatic carbocycles. The van der Waals surface area contributed by atoms with Crippen LogP contribution in [0, 0.1) is 12.7 Å². The van der Waals surface area contributed by atoms with E-state index in [4.69, 9.17) is 21.3 Å². The number of ether oxygens (including phenoxy) is 1. The lowest BCUT2D eigenvalue weighted by atomic mass is 9.78. The number of anilines is 1. The third-order valence-electron chi connectivity index (χ3n) is 6.48. The Hall–Kier alpha value is -2.29. The zero-order valence-corrected chi connectivity index (χ0v) is 18.5. The molecule has 2 aliphatic rings. The van der Waals surface area contributed by atoms with Gasteiger partial charge >= 0.3 is 0 Å². The number of nitrogens with zero attached hydrogens (tertiary/aromatic N) is 4. The van der Waals surface area contributed by atoms with E-state index in [1.165, 1.54) is 6.07 Å². The van der Waals surface area contributed by atoms with Crippen LogP contribution in [0.2, 0.25) is 5.02 Å². The Labute approximate surface area is 184 Å². The van der Waals surface area contributed by atoms with E-state index in [1.54, 1.807) is 6.20 Å². The average Bonchev–Trinajstić information content (AvgIpc) is 3.07. The molecule has 31 heavy (non-hydrogen) atoms. The molecule has 0 saturated carbocycles. The summed E-state index contributed by atoms with van der Waals surface area (Å²) in [5.74, 6) is 0.945. The summed E-state index contributed by atoms with van der Waals surface area (Å²) >= 11 is 6.57. The second-order valence-electron chi connectivity index (χ2n) is 8.71. The number of rotatable bonds is 2. The second-order valence-corrected chi connectivity index (χ2v) is 9.12. The minimum atomic E-state index is -0.620. The molecule has 0 unspecified atom stereocenters. The molecule has 164 valence electrons. The molecule has 2 N–H and O–H groups in total. The van der Waals surface area contributed by atoms with Crippen molar-refractivity contribution in [1.82, 2.24) is 19.5 Å². The SMILES string of the molecule is Cc1nc2c(F)cc(-c3c(Cl)cnc4c3CC[C@]3(CCOC[C@H]3O)N4)nc2n1C(C)C. The van der Waals surface area contributed by atoms with Crippen LogP contribution in [-0.4, -0.2) is 49.5 Å². The summed E-state index contributed by atoms with van der Waals surface area (Å²) in [6, 6.07) is 1.49. The van der Waals surface area contributed by atoms with E-state index in [9.17, 15) is 5.11 Å². The molecular weight excluding hydrogens is 421 g/mol. The molecule has 9 heteroatoms. The number of aromatic nitrogens is 4. The monoisotopic (exact) mass is 445 g/mol. The first-order valence-electron chi connectivity index (χ1n) is 10.6. The summed E-state index contributed by atoms with van der Waals surface area (Å²) in [4.78, 5) is 13.6. The number of nitrogens with one attached hydrogen (secondary N) is 1. The number of aryl methyl sites for hydroxylation is 1. The topological polar surface area (TPSA) is 85.1 Å². The number of fused-ring (bicyclic) bond motifs is 2. The molecule has 7 nitrogen and oxygen atoms in total. The van der Waals surface area contributed by atoms with Crippen LogP contribution in [0.3, 0.4) is 0 Å². The quantitative estimate of drug-likeness (QED) is 0.619. The molecule has 2 atom stereocenters. The Morgan fingerprint density at radius 3 is 2.90 bits per heavy atom. The van der Waals surface area contributed by atoms with Gasteiger partial charge in [-0.05, 0) is 40.0 Å². The van der Waals surface area contributed by atoms with Crippen molar-refractivity contribution in [3.05, 3.63) is 34.5 Å². The van der Waals surface area contributed by atoms with Crippen molar-refractivity contribution in [3.63, 3.8) is 0 Å². The van der Waals surface area contributed by atoms with Crippen molar-refractivity contribution in [2.24, 2.45) is 0 Å². The highest BCUT2D eigenvalue weighted by Gasteiger charge is 2.44. The fraction of sp³-hybridized carbons (Fsp3) is 0.500. The molecule has 1 fully saturated rings. The predicted octanol–water partition coefficient (Wildman–Crippen LogP) is 4.05. The molecule has 0 amide bonds. The van der Waals surface area contributed by atoms with Crippen LogP contribution in [0.5, 0.6) is 0 Å². The number of halogens is 2. The van der Waals surface area contributed by atoms with Gasteiger partial charge in [-0.3, -0.25) is 0 Å². The summed E-state index contributed by atoms with van der Waals surface area (Å²) in [6.45, 7) is 6.77. The maximum Gasteiger partial charge on any atom is 0.163 e. The van der Waals surface area contributed by atoms with Crippen LogP contribution in [0.25, 0.3) is 22.4 Å². The number of aliphatic hydroxyl groups is 1. The Morgan fingerprint density at radius 1 is 1.35 bits per heavy atom. The first-order chi connectivity index (χ1) is 14.8. The Morgan fingerprint density at radius 2 is 2.16 bits per heavy atom. The first-order valence-corrected chi connectivity index (χ1v) is 11.0. The van der Waals surface area contributed by atoms with Gasteiger partial charge in [-0.15, -0.1) is 0 Å². The minimum Gasteiger partial charge on any atom is -0.388 e. The van der Waals surface area contributed by atoms with Gasteiger partial charge < -0.3 is 19.7 Å². The molecule has 1 spiro atoms. The van der Waals surface area contributed by atoms with Gasteiger partial charge in [-0.1, -0.05) is 11.6 Å². The standard InChI is InChI=1S/C22H25ClFN5O2/c1-11(2)29-12(3)26-19-15(24)8-16(27-21(19)29)18-13-4-5-22(6-7-31-10-17(22)30)28-20(13)25-9-14(18)23/h8-9,11,17,30H,4-7,10H2,1-3H3,(H,25,28)/t17-,22-/m1/s1. The lowest BCUT2D eigenvalue weighted by Crippen LogP contribution is -2.57. The van der Waals surface area contributed by atoms with Gasteiger partial charge in [0.15, 0.2) is 11.5 Å². The van der Waals surface area contributed by atoms with E-state index in [0.717, 1.165) is 5.56 Å². The van der Waals surface area contributed by atoms with Gasteiger partial charge in [0.1, 0.15) is 23.3 Å². The molecule has 3 aromatic rings. The van der Waals surface area contributed by atoms with Gasteiger partial charge in [0, 0.05) is 36.0 Å². The maximum absolute atomic E-state index is 15.1. The average molecular weight is 446 g/mol. The molecular formula is C22H25ClFN5O2. The van der Waals surface area contributed by atoms with Gasteiger partial charge in [-0.25, -0.2) is 19.3 Å². The molecule has 0 radical (unpaired) electrons. The zero-order chi connectivity index (χ0) is 21.9. The lowest BCUT2D eigenvalue weighted by molar-refractivity contribution is -0.0531. The summed E-state index contributed by atoms with van der Waals surface area (Å²) < 4.78 is 22.4. The highest BCUT2D eigenvalue weighted by Crippen LogP contribution is 2.42. The van der Waals surface area contributed by atoms with Gasteiger partial charge in [0.25, 0.3) is 0 Å². The van der Waals surface area contributed by atoms with E-state index in [0.29, 0.717) is 66.0 Å². The normalized spacial score (nSPS) is 23.4. The number of hydrogen-bond acceptors (Lipinski definition) is 6. The fourth-order valence-electron chi connectivity index (χ4n) is 4.89. The van der Waals surface area contributed by atoms with Gasteiger partial charge in [0.2, 0.25) is 0 Å². The van der Waals surface area contributed by atoms with Crippen molar-refractivity contribution in [1.29, 1.82) is 0 Å². The van der Waals surface area contributed by atoms with Crippen LogP contribution in [0.1, 0.15) is 44.1 Å². The van der Waals surface area contributed by atoms with E-state index in [-0.39, 0.29) is 11.6 Å². The van der Waals surface area contributed by atoms with Crippen LogP contribution < -0.4 is 5.32 Å². The molecule has 0 aliphatic carbocycles. The first kappa shape index (κ1) is 20.6. The largest absolute Gasteiger partial charge is 0.388 e. The number of hydrogen-bond donors (Lipinski definition) is 2. The Bertz CT molecular complexity index is 1180. The molecule has 3 aromatic heterocycles. The van der Waals surface area contributed by atoms with Crippen molar-refractivity contribution in [3.8, 4) is 11.3 Å². The van der Waals surface area contributed by atoms with E-state index in [2.05, 4.69) is 15.3 Å². The smallest absolute Gasteiger partial charge is 0.163 e. The molecule has 5 heterocycles. The Balaban J connectivity index is 1.66. The van der Waals surface area contributed by atoms with Crippen LogP contribution in [0.4, 0.5) is 10.2 Å². The molecule has 5 rings (SSSR count). The van der Waals surface area contributed by atoms with Crippen molar-refractivity contribution in [2.45, 2.75) is 57.7 Å². The summed E-state index contributed by atoms with van der Waals surface area (Å²) in [5, 5.41) is 14.4. The molecule has 0 bridgehead atoms.